The molecular weight excluding hydrogens is 401 g/mol. The Balaban J connectivity index is 1.63. The number of aromatic nitrogens is 2. The minimum Gasteiger partial charge on any atom is -0.496 e. The Hall–Kier alpha value is -2.75. The number of alkyl halides is 3. The van der Waals surface area contributed by atoms with E-state index in [1.54, 1.807) is 24.3 Å². The molecule has 4 rings (SSSR count). The SMILES string of the molecule is COc1ccccc1C1CC(C(F)(F)F)n2ncc(C(=O)NCC3CCCO3)c2N1. The number of benzene rings is 1. The number of hydrogen-bond donors (Lipinski definition) is 2. The van der Waals surface area contributed by atoms with Crippen molar-refractivity contribution in [3.05, 3.63) is 41.6 Å². The van der Waals surface area contributed by atoms with Crippen LogP contribution >= 0.6 is 0 Å². The number of para-hydroxylation sites is 1. The maximum Gasteiger partial charge on any atom is 0.410 e. The number of amides is 1. The van der Waals surface area contributed by atoms with Gasteiger partial charge in [0.15, 0.2) is 6.04 Å². The molecule has 3 atom stereocenters. The molecule has 2 aromatic rings. The van der Waals surface area contributed by atoms with Gasteiger partial charge < -0.3 is 20.1 Å². The Bertz CT molecular complexity index is 909. The highest BCUT2D eigenvalue weighted by atomic mass is 19.4. The molecule has 3 heterocycles. The van der Waals surface area contributed by atoms with Gasteiger partial charge in [-0.05, 0) is 18.9 Å². The highest BCUT2D eigenvalue weighted by molar-refractivity contribution is 5.98. The van der Waals surface area contributed by atoms with Gasteiger partial charge in [-0.1, -0.05) is 18.2 Å². The molecule has 3 unspecified atom stereocenters. The van der Waals surface area contributed by atoms with E-state index in [2.05, 4.69) is 15.7 Å². The number of hydrogen-bond acceptors (Lipinski definition) is 5. The summed E-state index contributed by atoms with van der Waals surface area (Å²) in [5.41, 5.74) is 0.661. The molecule has 1 aromatic heterocycles. The summed E-state index contributed by atoms with van der Waals surface area (Å²) in [6.07, 6.45) is -1.91. The van der Waals surface area contributed by atoms with Gasteiger partial charge in [0.05, 0.1) is 25.5 Å². The lowest BCUT2D eigenvalue weighted by atomic mass is 9.95. The molecule has 2 aliphatic rings. The zero-order valence-corrected chi connectivity index (χ0v) is 16.4. The fraction of sp³-hybridized carbons (Fsp3) is 0.500. The van der Waals surface area contributed by atoms with E-state index in [1.165, 1.54) is 13.3 Å². The summed E-state index contributed by atoms with van der Waals surface area (Å²) in [5, 5.41) is 9.71. The summed E-state index contributed by atoms with van der Waals surface area (Å²) < 4.78 is 53.1. The minimum atomic E-state index is -4.52. The van der Waals surface area contributed by atoms with Crippen LogP contribution in [0.3, 0.4) is 0 Å². The van der Waals surface area contributed by atoms with Gasteiger partial charge >= 0.3 is 6.18 Å². The molecule has 1 amide bonds. The first-order chi connectivity index (χ1) is 14.4. The summed E-state index contributed by atoms with van der Waals surface area (Å²) in [6, 6.07) is 4.35. The van der Waals surface area contributed by atoms with E-state index in [0.717, 1.165) is 17.5 Å². The van der Waals surface area contributed by atoms with Crippen molar-refractivity contribution in [3.8, 4) is 5.75 Å². The molecule has 10 heteroatoms. The van der Waals surface area contributed by atoms with Crippen molar-refractivity contribution in [2.75, 3.05) is 25.6 Å². The van der Waals surface area contributed by atoms with Crippen LogP contribution in [0.25, 0.3) is 0 Å². The first-order valence-corrected chi connectivity index (χ1v) is 9.82. The van der Waals surface area contributed by atoms with E-state index < -0.39 is 24.2 Å². The molecule has 0 radical (unpaired) electrons. The number of halogens is 3. The zero-order chi connectivity index (χ0) is 21.3. The van der Waals surface area contributed by atoms with Crippen LogP contribution in [0.2, 0.25) is 0 Å². The molecule has 2 N–H and O–H groups in total. The Morgan fingerprint density at radius 2 is 2.20 bits per heavy atom. The molecule has 0 aliphatic carbocycles. The van der Waals surface area contributed by atoms with Gasteiger partial charge in [-0.3, -0.25) is 4.79 Å². The second kappa shape index (κ2) is 8.17. The number of anilines is 1. The lowest BCUT2D eigenvalue weighted by Gasteiger charge is -2.34. The van der Waals surface area contributed by atoms with E-state index in [1.807, 2.05) is 0 Å². The second-order valence-corrected chi connectivity index (χ2v) is 7.43. The van der Waals surface area contributed by atoms with E-state index in [9.17, 15) is 18.0 Å². The van der Waals surface area contributed by atoms with Crippen molar-refractivity contribution in [2.45, 2.75) is 43.6 Å². The number of rotatable bonds is 5. The topological polar surface area (TPSA) is 77.4 Å². The highest BCUT2D eigenvalue weighted by Crippen LogP contribution is 2.45. The average Bonchev–Trinajstić information content (AvgIpc) is 3.40. The summed E-state index contributed by atoms with van der Waals surface area (Å²) in [6.45, 7) is 0.960. The predicted molar refractivity (Wildman–Crippen MR) is 103 cm³/mol. The molecule has 0 spiro atoms. The van der Waals surface area contributed by atoms with Crippen LogP contribution in [-0.2, 0) is 4.74 Å². The maximum atomic E-state index is 13.8. The molecule has 0 bridgehead atoms. The maximum absolute atomic E-state index is 13.8. The van der Waals surface area contributed by atoms with Crippen molar-refractivity contribution in [2.24, 2.45) is 0 Å². The van der Waals surface area contributed by atoms with Gasteiger partial charge in [-0.25, -0.2) is 4.68 Å². The highest BCUT2D eigenvalue weighted by Gasteiger charge is 2.47. The van der Waals surface area contributed by atoms with E-state index >= 15 is 0 Å². The normalized spacial score (nSPS) is 23.5. The van der Waals surface area contributed by atoms with Gasteiger partial charge in [0.1, 0.15) is 17.1 Å². The third kappa shape index (κ3) is 3.96. The number of ether oxygens (including phenoxy) is 2. The molecule has 1 aromatic carbocycles. The summed E-state index contributed by atoms with van der Waals surface area (Å²) >= 11 is 0. The third-order valence-corrected chi connectivity index (χ3v) is 5.51. The zero-order valence-electron chi connectivity index (χ0n) is 16.4. The quantitative estimate of drug-likeness (QED) is 0.769. The van der Waals surface area contributed by atoms with Crippen LogP contribution in [0, 0.1) is 0 Å². The van der Waals surface area contributed by atoms with Crippen LogP contribution in [0.1, 0.15) is 47.3 Å². The van der Waals surface area contributed by atoms with Gasteiger partial charge in [-0.2, -0.15) is 18.3 Å². The molecule has 30 heavy (non-hydrogen) atoms. The Labute approximate surface area is 171 Å². The predicted octanol–water partition coefficient (Wildman–Crippen LogP) is 3.46. The van der Waals surface area contributed by atoms with Crippen LogP contribution in [0.5, 0.6) is 5.75 Å². The Morgan fingerprint density at radius 1 is 1.40 bits per heavy atom. The number of carbonyl (C=O) groups excluding carboxylic acids is 1. The van der Waals surface area contributed by atoms with Gasteiger partial charge in [0.2, 0.25) is 0 Å². The van der Waals surface area contributed by atoms with Crippen LogP contribution in [0.4, 0.5) is 19.0 Å². The molecule has 0 saturated carbocycles. The number of carbonyl (C=O) groups is 1. The molecule has 162 valence electrons. The number of nitrogens with zero attached hydrogens (tertiary/aromatic N) is 2. The van der Waals surface area contributed by atoms with Gasteiger partial charge in [0.25, 0.3) is 5.91 Å². The van der Waals surface area contributed by atoms with Crippen LogP contribution < -0.4 is 15.4 Å². The summed E-state index contributed by atoms with van der Waals surface area (Å²) in [4.78, 5) is 12.7. The second-order valence-electron chi connectivity index (χ2n) is 7.43. The van der Waals surface area contributed by atoms with Gasteiger partial charge in [0, 0.05) is 25.1 Å². The van der Waals surface area contributed by atoms with Crippen molar-refractivity contribution < 1.29 is 27.4 Å². The molecule has 1 fully saturated rings. The fourth-order valence-corrected chi connectivity index (χ4v) is 3.99. The minimum absolute atomic E-state index is 0.0457. The summed E-state index contributed by atoms with van der Waals surface area (Å²) in [7, 11) is 1.47. The van der Waals surface area contributed by atoms with E-state index in [0.29, 0.717) is 24.5 Å². The number of fused-ring (bicyclic) bond motifs is 1. The third-order valence-electron chi connectivity index (χ3n) is 5.51. The van der Waals surface area contributed by atoms with Gasteiger partial charge in [-0.15, -0.1) is 0 Å². The van der Waals surface area contributed by atoms with Crippen LogP contribution in [0.15, 0.2) is 30.5 Å². The smallest absolute Gasteiger partial charge is 0.410 e. The Morgan fingerprint density at radius 3 is 2.90 bits per heavy atom. The van der Waals surface area contributed by atoms with Crippen molar-refractivity contribution in [1.82, 2.24) is 15.1 Å². The lowest BCUT2D eigenvalue weighted by Crippen LogP contribution is -2.37. The van der Waals surface area contributed by atoms with E-state index in [4.69, 9.17) is 9.47 Å². The average molecular weight is 424 g/mol. The number of methoxy groups -OCH3 is 1. The molecule has 2 aliphatic heterocycles. The van der Waals surface area contributed by atoms with E-state index in [-0.39, 0.29) is 23.9 Å². The Kier molecular flexibility index (Phi) is 5.59. The first-order valence-electron chi connectivity index (χ1n) is 9.82. The molecule has 7 nitrogen and oxygen atoms in total. The fourth-order valence-electron chi connectivity index (χ4n) is 3.99. The van der Waals surface area contributed by atoms with Crippen LogP contribution in [-0.4, -0.2) is 48.2 Å². The molecule has 1 saturated heterocycles. The summed E-state index contributed by atoms with van der Waals surface area (Å²) in [5.74, 6) is 0.0402. The molecular formula is C20H23F3N4O3. The first kappa shape index (κ1) is 20.5. The standard InChI is InChI=1S/C20H23F3N4O3/c1-29-16-7-3-2-6-13(16)15-9-17(20(21,22)23)27-18(26-15)14(11-25-27)19(28)24-10-12-5-4-8-30-12/h2-3,6-7,11-12,15,17,26H,4-5,8-10H2,1H3,(H,24,28). The largest absolute Gasteiger partial charge is 0.496 e. The monoisotopic (exact) mass is 424 g/mol. The van der Waals surface area contributed by atoms with Crippen molar-refractivity contribution in [3.63, 3.8) is 0 Å². The number of nitrogens with one attached hydrogen (secondary N) is 2. The van der Waals surface area contributed by atoms with Crippen molar-refractivity contribution in [1.29, 1.82) is 0 Å². The van der Waals surface area contributed by atoms with Crippen molar-refractivity contribution >= 4 is 11.7 Å². The lowest BCUT2D eigenvalue weighted by molar-refractivity contribution is -0.173.